The molecule has 0 rings (SSSR count). The number of rotatable bonds is 4. The largest absolute Gasteiger partial charge is 0.319 e. The molecule has 0 aromatic heterocycles. The molecule has 0 fully saturated rings. The van der Waals surface area contributed by atoms with Crippen LogP contribution in [0, 0.1) is 0 Å². The molecule has 0 aliphatic rings. The molecule has 2 heteroatoms. The number of aldehydes is 1. The van der Waals surface area contributed by atoms with Crippen LogP contribution < -0.4 is 5.32 Å². The normalized spacial score (nSPS) is 11.6. The van der Waals surface area contributed by atoms with Crippen molar-refractivity contribution in [2.75, 3.05) is 13.6 Å². The minimum Gasteiger partial charge on any atom is -0.319 e. The predicted molar refractivity (Wildman–Crippen MR) is 38.4 cm³/mol. The lowest BCUT2D eigenvalue weighted by Gasteiger charge is -1.96. The first-order valence-electron chi connectivity index (χ1n) is 3.06. The van der Waals surface area contributed by atoms with E-state index < -0.39 is 0 Å². The maximum Gasteiger partial charge on any atom is 0.142 e. The average molecular weight is 127 g/mol. The van der Waals surface area contributed by atoms with Crippen molar-refractivity contribution in [1.29, 1.82) is 0 Å². The highest BCUT2D eigenvalue weighted by Crippen LogP contribution is 1.94. The average Bonchev–Trinajstić information content (AvgIpc) is 1.85. The zero-order valence-electron chi connectivity index (χ0n) is 5.98. The zero-order valence-corrected chi connectivity index (χ0v) is 5.98. The van der Waals surface area contributed by atoms with Crippen molar-refractivity contribution in [2.24, 2.45) is 0 Å². The summed E-state index contributed by atoms with van der Waals surface area (Å²) in [4.78, 5) is 9.88. The van der Waals surface area contributed by atoms with Gasteiger partial charge in [-0.25, -0.2) is 0 Å². The molecular formula is C7H13NO. The van der Waals surface area contributed by atoms with Gasteiger partial charge in [0.15, 0.2) is 0 Å². The molecule has 52 valence electrons. The second-order valence-electron chi connectivity index (χ2n) is 2.00. The SMILES string of the molecule is CNCC/C(C)=C\C=O. The van der Waals surface area contributed by atoms with Crippen LogP contribution in [0.5, 0.6) is 0 Å². The Morgan fingerprint density at radius 2 is 2.33 bits per heavy atom. The van der Waals surface area contributed by atoms with Crippen molar-refractivity contribution in [1.82, 2.24) is 5.32 Å². The van der Waals surface area contributed by atoms with E-state index in [1.165, 1.54) is 0 Å². The van der Waals surface area contributed by atoms with E-state index in [0.717, 1.165) is 24.8 Å². The summed E-state index contributed by atoms with van der Waals surface area (Å²) in [5.74, 6) is 0. The molecule has 0 aromatic rings. The third-order valence-corrected chi connectivity index (χ3v) is 1.12. The Labute approximate surface area is 56.0 Å². The molecule has 0 aliphatic heterocycles. The predicted octanol–water partition coefficient (Wildman–Crippen LogP) is 0.741. The van der Waals surface area contributed by atoms with Gasteiger partial charge in [-0.3, -0.25) is 4.79 Å². The van der Waals surface area contributed by atoms with Crippen molar-refractivity contribution >= 4 is 6.29 Å². The van der Waals surface area contributed by atoms with Crippen molar-refractivity contribution in [3.63, 3.8) is 0 Å². The van der Waals surface area contributed by atoms with Crippen molar-refractivity contribution < 1.29 is 4.79 Å². The van der Waals surface area contributed by atoms with E-state index in [0.29, 0.717) is 0 Å². The van der Waals surface area contributed by atoms with Gasteiger partial charge in [-0.05, 0) is 33.0 Å². The van der Waals surface area contributed by atoms with Crippen LogP contribution >= 0.6 is 0 Å². The van der Waals surface area contributed by atoms with Gasteiger partial charge in [0.1, 0.15) is 6.29 Å². The van der Waals surface area contributed by atoms with Gasteiger partial charge in [0.2, 0.25) is 0 Å². The topological polar surface area (TPSA) is 29.1 Å². The van der Waals surface area contributed by atoms with Gasteiger partial charge in [-0.1, -0.05) is 5.57 Å². The number of hydrogen-bond donors (Lipinski definition) is 1. The van der Waals surface area contributed by atoms with E-state index in [1.807, 2.05) is 14.0 Å². The van der Waals surface area contributed by atoms with E-state index in [2.05, 4.69) is 5.32 Å². The highest BCUT2D eigenvalue weighted by molar-refractivity contribution is 5.65. The lowest BCUT2D eigenvalue weighted by molar-refractivity contribution is -0.104. The quantitative estimate of drug-likeness (QED) is 0.446. The highest BCUT2D eigenvalue weighted by Gasteiger charge is 1.85. The third-order valence-electron chi connectivity index (χ3n) is 1.12. The highest BCUT2D eigenvalue weighted by atomic mass is 16.1. The molecular weight excluding hydrogens is 114 g/mol. The Morgan fingerprint density at radius 3 is 2.78 bits per heavy atom. The summed E-state index contributed by atoms with van der Waals surface area (Å²) in [6, 6.07) is 0. The zero-order chi connectivity index (χ0) is 7.11. The second kappa shape index (κ2) is 5.51. The molecule has 0 aromatic carbocycles. The fourth-order valence-corrected chi connectivity index (χ4v) is 0.522. The van der Waals surface area contributed by atoms with Gasteiger partial charge >= 0.3 is 0 Å². The molecule has 2 nitrogen and oxygen atoms in total. The summed E-state index contributed by atoms with van der Waals surface area (Å²) < 4.78 is 0. The van der Waals surface area contributed by atoms with E-state index in [9.17, 15) is 4.79 Å². The lowest BCUT2D eigenvalue weighted by Crippen LogP contribution is -2.07. The Balaban J connectivity index is 3.36. The Morgan fingerprint density at radius 1 is 1.67 bits per heavy atom. The van der Waals surface area contributed by atoms with E-state index in [1.54, 1.807) is 6.08 Å². The smallest absolute Gasteiger partial charge is 0.142 e. The monoisotopic (exact) mass is 127 g/mol. The molecule has 0 bridgehead atoms. The van der Waals surface area contributed by atoms with Gasteiger partial charge in [-0.15, -0.1) is 0 Å². The van der Waals surface area contributed by atoms with Crippen LogP contribution in [0.3, 0.4) is 0 Å². The Kier molecular flexibility index (Phi) is 5.12. The maximum absolute atomic E-state index is 9.88. The first kappa shape index (κ1) is 8.37. The van der Waals surface area contributed by atoms with E-state index in [4.69, 9.17) is 0 Å². The molecule has 0 saturated heterocycles. The molecule has 0 unspecified atom stereocenters. The van der Waals surface area contributed by atoms with Gasteiger partial charge < -0.3 is 5.32 Å². The van der Waals surface area contributed by atoms with Crippen LogP contribution in [0.15, 0.2) is 11.6 Å². The van der Waals surface area contributed by atoms with Gasteiger partial charge in [0.05, 0.1) is 0 Å². The summed E-state index contributed by atoms with van der Waals surface area (Å²) in [7, 11) is 1.90. The number of carbonyl (C=O) groups is 1. The fourth-order valence-electron chi connectivity index (χ4n) is 0.522. The molecule has 0 heterocycles. The standard InChI is InChI=1S/C7H13NO/c1-7(4-6-9)3-5-8-2/h4,6,8H,3,5H2,1-2H3/b7-4-. The first-order valence-corrected chi connectivity index (χ1v) is 3.06. The Bertz CT molecular complexity index is 107. The fraction of sp³-hybridized carbons (Fsp3) is 0.571. The van der Waals surface area contributed by atoms with Gasteiger partial charge in [0.25, 0.3) is 0 Å². The molecule has 0 spiro atoms. The van der Waals surface area contributed by atoms with Crippen molar-refractivity contribution in [3.8, 4) is 0 Å². The summed E-state index contributed by atoms with van der Waals surface area (Å²) in [5.41, 5.74) is 1.12. The van der Waals surface area contributed by atoms with Crippen LogP contribution in [0.25, 0.3) is 0 Å². The summed E-state index contributed by atoms with van der Waals surface area (Å²) in [6.45, 7) is 2.89. The summed E-state index contributed by atoms with van der Waals surface area (Å²) in [5, 5.41) is 3.00. The van der Waals surface area contributed by atoms with Gasteiger partial charge in [-0.2, -0.15) is 0 Å². The minimum atomic E-state index is 0.824. The number of allylic oxidation sites excluding steroid dienone is 1. The van der Waals surface area contributed by atoms with Crippen LogP contribution in [0.4, 0.5) is 0 Å². The number of hydrogen-bond acceptors (Lipinski definition) is 2. The molecule has 0 amide bonds. The molecule has 0 radical (unpaired) electrons. The number of carbonyl (C=O) groups excluding carboxylic acids is 1. The summed E-state index contributed by atoms with van der Waals surface area (Å²) in [6.07, 6.45) is 3.37. The molecule has 1 N–H and O–H groups in total. The molecule has 0 atom stereocenters. The van der Waals surface area contributed by atoms with Crippen molar-refractivity contribution in [3.05, 3.63) is 11.6 Å². The maximum atomic E-state index is 9.88. The Hall–Kier alpha value is -0.630. The van der Waals surface area contributed by atoms with E-state index in [-0.39, 0.29) is 0 Å². The molecule has 0 aliphatic carbocycles. The van der Waals surface area contributed by atoms with Crippen LogP contribution in [0.1, 0.15) is 13.3 Å². The summed E-state index contributed by atoms with van der Waals surface area (Å²) >= 11 is 0. The van der Waals surface area contributed by atoms with Crippen LogP contribution in [-0.2, 0) is 4.79 Å². The van der Waals surface area contributed by atoms with Crippen LogP contribution in [-0.4, -0.2) is 19.9 Å². The molecule has 9 heavy (non-hydrogen) atoms. The molecule has 0 saturated carbocycles. The third kappa shape index (κ3) is 5.24. The lowest BCUT2D eigenvalue weighted by atomic mass is 10.2. The van der Waals surface area contributed by atoms with Crippen LogP contribution in [0.2, 0.25) is 0 Å². The van der Waals surface area contributed by atoms with Gasteiger partial charge in [0, 0.05) is 0 Å². The second-order valence-corrected chi connectivity index (χ2v) is 2.00. The first-order chi connectivity index (χ1) is 4.31. The van der Waals surface area contributed by atoms with E-state index >= 15 is 0 Å². The number of nitrogens with one attached hydrogen (secondary N) is 1. The van der Waals surface area contributed by atoms with Crippen molar-refractivity contribution in [2.45, 2.75) is 13.3 Å². The minimum absolute atomic E-state index is 0.824.